The third kappa shape index (κ3) is 2.68. The minimum absolute atomic E-state index is 0.584. The molecular weight excluding hydrogens is 162 g/mol. The summed E-state index contributed by atoms with van der Waals surface area (Å²) >= 11 is 0. The van der Waals surface area contributed by atoms with Crippen LogP contribution in [0.3, 0.4) is 0 Å². The molecule has 3 unspecified atom stereocenters. The lowest BCUT2D eigenvalue weighted by atomic mass is 9.90. The molecule has 3 atom stereocenters. The average molecular weight is 183 g/mol. The van der Waals surface area contributed by atoms with E-state index < -0.39 is 0 Å². The first-order valence-corrected chi connectivity index (χ1v) is 5.69. The molecule has 0 radical (unpaired) electrons. The summed E-state index contributed by atoms with van der Waals surface area (Å²) in [4.78, 5) is 0. The van der Waals surface area contributed by atoms with E-state index in [-0.39, 0.29) is 0 Å². The van der Waals surface area contributed by atoms with Crippen molar-refractivity contribution in [1.29, 1.82) is 0 Å². The Morgan fingerprint density at radius 2 is 2.23 bits per heavy atom. The molecule has 2 heterocycles. The van der Waals surface area contributed by atoms with E-state index in [2.05, 4.69) is 12.2 Å². The van der Waals surface area contributed by atoms with Gasteiger partial charge in [-0.15, -0.1) is 0 Å². The first-order valence-electron chi connectivity index (χ1n) is 5.69. The molecule has 0 aromatic heterocycles. The molecule has 0 spiro atoms. The summed E-state index contributed by atoms with van der Waals surface area (Å²) in [5.74, 6) is 0.874. The summed E-state index contributed by atoms with van der Waals surface area (Å²) in [6, 6.07) is 0.737. The normalized spacial score (nSPS) is 40.8. The summed E-state index contributed by atoms with van der Waals surface area (Å²) in [5.41, 5.74) is 0. The van der Waals surface area contributed by atoms with Crippen LogP contribution in [-0.4, -0.2) is 25.3 Å². The van der Waals surface area contributed by atoms with E-state index in [0.29, 0.717) is 6.10 Å². The molecule has 2 heteroatoms. The molecule has 0 amide bonds. The molecule has 2 rings (SSSR count). The van der Waals surface area contributed by atoms with Gasteiger partial charge in [-0.25, -0.2) is 0 Å². The van der Waals surface area contributed by atoms with Crippen LogP contribution in [-0.2, 0) is 4.74 Å². The van der Waals surface area contributed by atoms with E-state index in [4.69, 9.17) is 4.74 Å². The molecule has 2 aliphatic heterocycles. The van der Waals surface area contributed by atoms with E-state index in [1.165, 1.54) is 38.6 Å². The highest BCUT2D eigenvalue weighted by atomic mass is 16.5. The van der Waals surface area contributed by atoms with Crippen molar-refractivity contribution in [1.82, 2.24) is 5.32 Å². The number of hydrogen-bond acceptors (Lipinski definition) is 2. The maximum absolute atomic E-state index is 5.65. The van der Waals surface area contributed by atoms with E-state index >= 15 is 0 Å². The summed E-state index contributed by atoms with van der Waals surface area (Å²) in [7, 11) is 0. The Labute approximate surface area is 81.0 Å². The highest BCUT2D eigenvalue weighted by molar-refractivity contribution is 4.78. The van der Waals surface area contributed by atoms with Gasteiger partial charge in [-0.05, 0) is 51.5 Å². The second-order valence-electron chi connectivity index (χ2n) is 4.62. The van der Waals surface area contributed by atoms with E-state index in [9.17, 15) is 0 Å². The zero-order chi connectivity index (χ0) is 9.10. The van der Waals surface area contributed by atoms with Crippen molar-refractivity contribution in [2.45, 2.75) is 51.2 Å². The molecule has 0 bridgehead atoms. The van der Waals surface area contributed by atoms with Crippen molar-refractivity contribution in [3.8, 4) is 0 Å². The lowest BCUT2D eigenvalue weighted by molar-refractivity contribution is 0.0833. The Balaban J connectivity index is 1.69. The largest absolute Gasteiger partial charge is 0.378 e. The SMILES string of the molecule is CC1CCC(CC2CCCO2)CN1. The number of nitrogens with one attached hydrogen (secondary N) is 1. The topological polar surface area (TPSA) is 21.3 Å². The molecule has 0 aromatic carbocycles. The monoisotopic (exact) mass is 183 g/mol. The summed E-state index contributed by atoms with van der Waals surface area (Å²) in [6.07, 6.45) is 7.19. The van der Waals surface area contributed by atoms with Gasteiger partial charge in [-0.1, -0.05) is 0 Å². The third-order valence-corrected chi connectivity index (χ3v) is 3.38. The Kier molecular flexibility index (Phi) is 3.23. The predicted octanol–water partition coefficient (Wildman–Crippen LogP) is 1.94. The van der Waals surface area contributed by atoms with Crippen molar-refractivity contribution >= 4 is 0 Å². The van der Waals surface area contributed by atoms with Crippen LogP contribution in [0.5, 0.6) is 0 Å². The van der Waals surface area contributed by atoms with Crippen molar-refractivity contribution < 1.29 is 4.74 Å². The number of rotatable bonds is 2. The predicted molar refractivity (Wildman–Crippen MR) is 53.8 cm³/mol. The number of piperidine rings is 1. The van der Waals surface area contributed by atoms with Gasteiger partial charge in [-0.3, -0.25) is 0 Å². The highest BCUT2D eigenvalue weighted by Crippen LogP contribution is 2.24. The van der Waals surface area contributed by atoms with Gasteiger partial charge in [-0.2, -0.15) is 0 Å². The van der Waals surface area contributed by atoms with Crippen LogP contribution in [0.15, 0.2) is 0 Å². The van der Waals surface area contributed by atoms with Crippen molar-refractivity contribution in [2.75, 3.05) is 13.2 Å². The lowest BCUT2D eigenvalue weighted by Gasteiger charge is -2.29. The zero-order valence-corrected chi connectivity index (χ0v) is 8.59. The molecule has 0 aliphatic carbocycles. The van der Waals surface area contributed by atoms with Gasteiger partial charge < -0.3 is 10.1 Å². The molecule has 2 aliphatic rings. The molecule has 2 saturated heterocycles. The van der Waals surface area contributed by atoms with Gasteiger partial charge in [0, 0.05) is 12.6 Å². The fourth-order valence-electron chi connectivity index (χ4n) is 2.46. The van der Waals surface area contributed by atoms with Crippen LogP contribution < -0.4 is 5.32 Å². The van der Waals surface area contributed by atoms with Gasteiger partial charge in [0.2, 0.25) is 0 Å². The lowest BCUT2D eigenvalue weighted by Crippen LogP contribution is -2.38. The van der Waals surface area contributed by atoms with E-state index in [0.717, 1.165) is 18.6 Å². The quantitative estimate of drug-likeness (QED) is 0.706. The van der Waals surface area contributed by atoms with Crippen molar-refractivity contribution in [3.63, 3.8) is 0 Å². The number of ether oxygens (including phenoxy) is 1. The minimum Gasteiger partial charge on any atom is -0.378 e. The van der Waals surface area contributed by atoms with Crippen LogP contribution in [0.1, 0.15) is 39.0 Å². The van der Waals surface area contributed by atoms with E-state index in [1.807, 2.05) is 0 Å². The number of hydrogen-bond donors (Lipinski definition) is 1. The summed E-state index contributed by atoms with van der Waals surface area (Å²) in [6.45, 7) is 4.49. The molecule has 0 aromatic rings. The minimum atomic E-state index is 0.584. The van der Waals surface area contributed by atoms with Crippen molar-refractivity contribution in [3.05, 3.63) is 0 Å². The first kappa shape index (κ1) is 9.47. The Morgan fingerprint density at radius 3 is 2.85 bits per heavy atom. The molecular formula is C11H21NO. The molecule has 2 nitrogen and oxygen atoms in total. The standard InChI is InChI=1S/C11H21NO/c1-9-4-5-10(8-12-9)7-11-3-2-6-13-11/h9-12H,2-8H2,1H3. The fraction of sp³-hybridized carbons (Fsp3) is 1.00. The Bertz CT molecular complexity index is 146. The van der Waals surface area contributed by atoms with Crippen LogP contribution in [0.2, 0.25) is 0 Å². The molecule has 13 heavy (non-hydrogen) atoms. The summed E-state index contributed by atoms with van der Waals surface area (Å²) < 4.78 is 5.65. The second kappa shape index (κ2) is 4.43. The van der Waals surface area contributed by atoms with E-state index in [1.54, 1.807) is 0 Å². The maximum Gasteiger partial charge on any atom is 0.0579 e. The Morgan fingerprint density at radius 1 is 1.31 bits per heavy atom. The average Bonchev–Trinajstić information content (AvgIpc) is 2.62. The fourth-order valence-corrected chi connectivity index (χ4v) is 2.46. The molecule has 76 valence electrons. The van der Waals surface area contributed by atoms with Gasteiger partial charge in [0.25, 0.3) is 0 Å². The van der Waals surface area contributed by atoms with Crippen molar-refractivity contribution in [2.24, 2.45) is 5.92 Å². The zero-order valence-electron chi connectivity index (χ0n) is 8.59. The molecule has 2 fully saturated rings. The van der Waals surface area contributed by atoms with Crippen LogP contribution in [0.25, 0.3) is 0 Å². The Hall–Kier alpha value is -0.0800. The second-order valence-corrected chi connectivity index (χ2v) is 4.62. The van der Waals surface area contributed by atoms with Gasteiger partial charge in [0.1, 0.15) is 0 Å². The maximum atomic E-state index is 5.65. The molecule has 0 saturated carbocycles. The van der Waals surface area contributed by atoms with Gasteiger partial charge in [0.15, 0.2) is 0 Å². The summed E-state index contributed by atoms with van der Waals surface area (Å²) in [5, 5.41) is 3.55. The smallest absolute Gasteiger partial charge is 0.0579 e. The van der Waals surface area contributed by atoms with Gasteiger partial charge in [0.05, 0.1) is 6.10 Å². The van der Waals surface area contributed by atoms with Crippen LogP contribution >= 0.6 is 0 Å². The first-order chi connectivity index (χ1) is 6.34. The van der Waals surface area contributed by atoms with Crippen LogP contribution in [0, 0.1) is 5.92 Å². The molecule has 1 N–H and O–H groups in total. The van der Waals surface area contributed by atoms with Gasteiger partial charge >= 0.3 is 0 Å². The third-order valence-electron chi connectivity index (χ3n) is 3.38. The highest BCUT2D eigenvalue weighted by Gasteiger charge is 2.23. The van der Waals surface area contributed by atoms with Crippen LogP contribution in [0.4, 0.5) is 0 Å².